The second-order valence-corrected chi connectivity index (χ2v) is 8.15. The first-order valence-electron chi connectivity index (χ1n) is 9.55. The van der Waals surface area contributed by atoms with Crippen molar-refractivity contribution >= 4 is 45.7 Å². The van der Waals surface area contributed by atoms with Gasteiger partial charge in [0.2, 0.25) is 0 Å². The van der Waals surface area contributed by atoms with Gasteiger partial charge < -0.3 is 20.5 Å². The minimum atomic E-state index is -0.697. The molecule has 2 aromatic heterocycles. The van der Waals surface area contributed by atoms with Crippen molar-refractivity contribution in [2.75, 3.05) is 11.9 Å². The van der Waals surface area contributed by atoms with E-state index in [2.05, 4.69) is 10.4 Å². The van der Waals surface area contributed by atoms with E-state index in [1.807, 2.05) is 6.92 Å². The first-order valence-corrected chi connectivity index (χ1v) is 10.7. The lowest BCUT2D eigenvalue weighted by Gasteiger charge is -2.08. The van der Waals surface area contributed by atoms with Crippen LogP contribution in [0.25, 0.3) is 0 Å². The topological polar surface area (TPSA) is 126 Å². The molecule has 0 saturated heterocycles. The first kappa shape index (κ1) is 23.3. The summed E-state index contributed by atoms with van der Waals surface area (Å²) in [7, 11) is 0. The minimum Gasteiger partial charge on any atom is -0.471 e. The number of benzene rings is 1. The number of aromatic nitrogens is 2. The van der Waals surface area contributed by atoms with Gasteiger partial charge in [0.05, 0.1) is 17.0 Å². The highest BCUT2D eigenvalue weighted by Gasteiger charge is 2.26. The molecule has 1 aromatic carbocycles. The Bertz CT molecular complexity index is 1190. The molecule has 0 atom stereocenters. The maximum atomic E-state index is 12.7. The monoisotopic (exact) mass is 476 g/mol. The van der Waals surface area contributed by atoms with Gasteiger partial charge in [-0.3, -0.25) is 9.59 Å². The zero-order chi connectivity index (χ0) is 23.4. The maximum Gasteiger partial charge on any atom is 0.341 e. The summed E-state index contributed by atoms with van der Waals surface area (Å²) < 4.78 is 12.1. The largest absolute Gasteiger partial charge is 0.471 e. The molecule has 3 aromatic rings. The summed E-state index contributed by atoms with van der Waals surface area (Å²) in [4.78, 5) is 36.9. The van der Waals surface area contributed by atoms with E-state index in [9.17, 15) is 14.4 Å². The fraction of sp³-hybridized carbons (Fsp3) is 0.238. The van der Waals surface area contributed by atoms with Gasteiger partial charge in [-0.15, -0.1) is 11.3 Å². The van der Waals surface area contributed by atoms with Crippen LogP contribution in [-0.4, -0.2) is 34.2 Å². The number of nitrogens with zero attached hydrogens (tertiary/aromatic N) is 2. The quantitative estimate of drug-likeness (QED) is 0.476. The normalized spacial score (nSPS) is 10.6. The van der Waals surface area contributed by atoms with Gasteiger partial charge in [0.15, 0.2) is 12.4 Å². The van der Waals surface area contributed by atoms with Gasteiger partial charge in [0.25, 0.3) is 11.8 Å². The minimum absolute atomic E-state index is 0.0758. The second kappa shape index (κ2) is 9.84. The average Bonchev–Trinajstić information content (AvgIpc) is 3.34. The van der Waals surface area contributed by atoms with E-state index < -0.39 is 17.8 Å². The first-order chi connectivity index (χ1) is 15.2. The van der Waals surface area contributed by atoms with Crippen molar-refractivity contribution in [3.05, 3.63) is 62.7 Å². The Morgan fingerprint density at radius 1 is 1.25 bits per heavy atom. The van der Waals surface area contributed by atoms with Crippen molar-refractivity contribution in [1.29, 1.82) is 0 Å². The highest BCUT2D eigenvalue weighted by molar-refractivity contribution is 7.18. The van der Waals surface area contributed by atoms with Crippen LogP contribution in [0.1, 0.15) is 48.6 Å². The molecule has 2 amide bonds. The highest BCUT2D eigenvalue weighted by atomic mass is 35.5. The molecule has 9 nitrogen and oxygen atoms in total. The predicted molar refractivity (Wildman–Crippen MR) is 121 cm³/mol. The number of primary amides is 1. The average molecular weight is 477 g/mol. The van der Waals surface area contributed by atoms with Crippen molar-refractivity contribution in [3.8, 4) is 5.75 Å². The SMILES string of the molecule is CCOC(=O)c1c(NC(=O)c2ccn(COc3ccc(Cl)c(C)c3)n2)sc(C(N)=O)c1C. The molecule has 3 N–H and O–H groups in total. The number of nitrogens with one attached hydrogen (secondary N) is 1. The Kier molecular flexibility index (Phi) is 7.16. The molecule has 0 saturated carbocycles. The second-order valence-electron chi connectivity index (χ2n) is 6.72. The Hall–Kier alpha value is -3.37. The van der Waals surface area contributed by atoms with E-state index >= 15 is 0 Å². The van der Waals surface area contributed by atoms with Gasteiger partial charge >= 0.3 is 5.97 Å². The Morgan fingerprint density at radius 2 is 2.00 bits per heavy atom. The smallest absolute Gasteiger partial charge is 0.341 e. The zero-order valence-corrected chi connectivity index (χ0v) is 19.2. The number of aryl methyl sites for hydroxylation is 1. The highest BCUT2D eigenvalue weighted by Crippen LogP contribution is 2.33. The maximum absolute atomic E-state index is 12.7. The molecule has 0 spiro atoms. The third-order valence-electron chi connectivity index (χ3n) is 4.44. The molecule has 32 heavy (non-hydrogen) atoms. The predicted octanol–water partition coefficient (Wildman–Crippen LogP) is 3.78. The van der Waals surface area contributed by atoms with Crippen molar-refractivity contribution in [2.24, 2.45) is 5.73 Å². The molecular formula is C21H21ClN4O5S. The summed E-state index contributed by atoms with van der Waals surface area (Å²) in [5, 5.41) is 7.62. The van der Waals surface area contributed by atoms with Crippen LogP contribution >= 0.6 is 22.9 Å². The van der Waals surface area contributed by atoms with Crippen LogP contribution in [0.2, 0.25) is 5.02 Å². The lowest BCUT2D eigenvalue weighted by atomic mass is 10.1. The van der Waals surface area contributed by atoms with Crippen molar-refractivity contribution in [1.82, 2.24) is 9.78 Å². The fourth-order valence-corrected chi connectivity index (χ4v) is 4.01. The zero-order valence-electron chi connectivity index (χ0n) is 17.6. The third kappa shape index (κ3) is 5.09. The summed E-state index contributed by atoms with van der Waals surface area (Å²) in [6.45, 7) is 5.32. The summed E-state index contributed by atoms with van der Waals surface area (Å²) >= 11 is 6.92. The number of anilines is 1. The van der Waals surface area contributed by atoms with Crippen LogP contribution in [0.5, 0.6) is 5.75 Å². The van der Waals surface area contributed by atoms with Crippen LogP contribution in [0, 0.1) is 13.8 Å². The Balaban J connectivity index is 1.74. The Morgan fingerprint density at radius 3 is 2.66 bits per heavy atom. The molecule has 0 aliphatic rings. The number of halogens is 1. The van der Waals surface area contributed by atoms with Crippen molar-refractivity contribution < 1.29 is 23.9 Å². The van der Waals surface area contributed by atoms with Gasteiger partial charge in [-0.25, -0.2) is 9.48 Å². The summed E-state index contributed by atoms with van der Waals surface area (Å²) in [6, 6.07) is 6.77. The van der Waals surface area contributed by atoms with E-state index in [1.54, 1.807) is 38.2 Å². The van der Waals surface area contributed by atoms with E-state index in [0.29, 0.717) is 16.3 Å². The molecule has 0 unspecified atom stereocenters. The van der Waals surface area contributed by atoms with E-state index in [1.165, 1.54) is 10.7 Å². The van der Waals surface area contributed by atoms with Crippen LogP contribution in [0.15, 0.2) is 30.5 Å². The van der Waals surface area contributed by atoms with Gasteiger partial charge in [0.1, 0.15) is 10.8 Å². The summed E-state index contributed by atoms with van der Waals surface area (Å²) in [6.07, 6.45) is 1.58. The molecule has 0 aliphatic heterocycles. The van der Waals surface area contributed by atoms with Gasteiger partial charge in [-0.2, -0.15) is 5.10 Å². The van der Waals surface area contributed by atoms with E-state index in [-0.39, 0.29) is 34.5 Å². The molecular weight excluding hydrogens is 456 g/mol. The lowest BCUT2D eigenvalue weighted by Crippen LogP contribution is -2.16. The molecule has 0 radical (unpaired) electrons. The standard InChI is InChI=1S/C21H21ClN4O5S/c1-4-30-21(29)16-12(3)17(18(23)27)32-20(16)24-19(28)15-7-8-26(25-15)10-31-13-5-6-14(22)11(2)9-13/h5-9H,4,10H2,1-3H3,(H2,23,27)(H,24,28). The van der Waals surface area contributed by atoms with Crippen LogP contribution in [0.3, 0.4) is 0 Å². The van der Waals surface area contributed by atoms with Gasteiger partial charge in [-0.1, -0.05) is 11.6 Å². The van der Waals surface area contributed by atoms with Crippen LogP contribution in [-0.2, 0) is 11.5 Å². The Labute approximate surface area is 193 Å². The third-order valence-corrected chi connectivity index (χ3v) is 6.09. The van der Waals surface area contributed by atoms with Gasteiger partial charge in [-0.05, 0) is 56.2 Å². The number of thiophene rings is 1. The van der Waals surface area contributed by atoms with Crippen molar-refractivity contribution in [2.45, 2.75) is 27.5 Å². The molecule has 2 heterocycles. The van der Waals surface area contributed by atoms with Crippen LogP contribution in [0.4, 0.5) is 5.00 Å². The lowest BCUT2D eigenvalue weighted by molar-refractivity contribution is 0.0527. The summed E-state index contributed by atoms with van der Waals surface area (Å²) in [5.41, 5.74) is 6.81. The molecule has 168 valence electrons. The number of hydrogen-bond donors (Lipinski definition) is 2. The van der Waals surface area contributed by atoms with Gasteiger partial charge in [0, 0.05) is 11.2 Å². The number of carbonyl (C=O) groups excluding carboxylic acids is 3. The van der Waals surface area contributed by atoms with E-state index in [4.69, 9.17) is 26.8 Å². The fourth-order valence-electron chi connectivity index (χ4n) is 2.86. The molecule has 0 aliphatic carbocycles. The number of carbonyl (C=O) groups is 3. The summed E-state index contributed by atoms with van der Waals surface area (Å²) in [5.74, 6) is -1.30. The number of hydrogen-bond acceptors (Lipinski definition) is 7. The van der Waals surface area contributed by atoms with E-state index in [0.717, 1.165) is 16.9 Å². The molecule has 11 heteroatoms. The number of esters is 1. The molecule has 0 fully saturated rings. The molecule has 3 rings (SSSR count). The molecule has 0 bridgehead atoms. The number of rotatable bonds is 8. The van der Waals surface area contributed by atoms with Crippen LogP contribution < -0.4 is 15.8 Å². The van der Waals surface area contributed by atoms with Crippen molar-refractivity contribution in [3.63, 3.8) is 0 Å². The number of amides is 2. The number of ether oxygens (including phenoxy) is 2. The number of nitrogens with two attached hydrogens (primary N) is 1.